The number of aromatic nitrogens is 1. The lowest BCUT2D eigenvalue weighted by Crippen LogP contribution is -2.48. The van der Waals surface area contributed by atoms with Gasteiger partial charge in [-0.1, -0.05) is 43.7 Å². The van der Waals surface area contributed by atoms with E-state index in [9.17, 15) is 4.79 Å². The second-order valence-electron chi connectivity index (χ2n) is 8.10. The zero-order valence-electron chi connectivity index (χ0n) is 16.7. The van der Waals surface area contributed by atoms with E-state index in [1.807, 2.05) is 24.3 Å². The average Bonchev–Trinajstić information content (AvgIpc) is 3.26. The molecule has 150 valence electrons. The van der Waals surface area contributed by atoms with Gasteiger partial charge in [0.15, 0.2) is 11.5 Å². The summed E-state index contributed by atoms with van der Waals surface area (Å²) in [4.78, 5) is 15.6. The van der Waals surface area contributed by atoms with Crippen LogP contribution in [0.2, 0.25) is 0 Å². The second kappa shape index (κ2) is 8.80. The van der Waals surface area contributed by atoms with Gasteiger partial charge in [-0.2, -0.15) is 0 Å². The summed E-state index contributed by atoms with van der Waals surface area (Å²) in [6.45, 7) is 0. The molecule has 2 aliphatic carbocycles. The zero-order chi connectivity index (χ0) is 19.3. The molecule has 5 nitrogen and oxygen atoms in total. The minimum absolute atomic E-state index is 0.0438. The van der Waals surface area contributed by atoms with Gasteiger partial charge in [0.05, 0.1) is 7.11 Å². The SMILES string of the molecule is COc1ccc(-c2cc(C(=O)N(C3CCCCC3)C3CCCCC3)no2)cc1. The molecule has 0 bridgehead atoms. The summed E-state index contributed by atoms with van der Waals surface area (Å²) in [6, 6.07) is 10.1. The van der Waals surface area contributed by atoms with Crippen molar-refractivity contribution >= 4 is 5.91 Å². The van der Waals surface area contributed by atoms with Crippen molar-refractivity contribution in [1.29, 1.82) is 0 Å². The number of benzene rings is 1. The van der Waals surface area contributed by atoms with E-state index in [1.54, 1.807) is 13.2 Å². The molecule has 0 radical (unpaired) electrons. The lowest BCUT2D eigenvalue weighted by atomic mass is 9.88. The average molecular weight is 383 g/mol. The van der Waals surface area contributed by atoms with Crippen LogP contribution in [-0.4, -0.2) is 35.2 Å². The molecule has 5 heteroatoms. The lowest BCUT2D eigenvalue weighted by Gasteiger charge is -2.41. The predicted molar refractivity (Wildman–Crippen MR) is 108 cm³/mol. The molecule has 0 unspecified atom stereocenters. The molecular weight excluding hydrogens is 352 g/mol. The van der Waals surface area contributed by atoms with Gasteiger partial charge in [0.25, 0.3) is 5.91 Å². The monoisotopic (exact) mass is 382 g/mol. The maximum atomic E-state index is 13.5. The Hall–Kier alpha value is -2.30. The first-order valence-electron chi connectivity index (χ1n) is 10.7. The van der Waals surface area contributed by atoms with Crippen molar-refractivity contribution in [3.63, 3.8) is 0 Å². The van der Waals surface area contributed by atoms with Crippen LogP contribution in [0.15, 0.2) is 34.9 Å². The Morgan fingerprint density at radius 1 is 0.964 bits per heavy atom. The van der Waals surface area contributed by atoms with Crippen LogP contribution >= 0.6 is 0 Å². The molecule has 28 heavy (non-hydrogen) atoms. The summed E-state index contributed by atoms with van der Waals surface area (Å²) in [6.07, 6.45) is 11.9. The van der Waals surface area contributed by atoms with Crippen LogP contribution in [0.5, 0.6) is 5.75 Å². The maximum absolute atomic E-state index is 13.5. The van der Waals surface area contributed by atoms with Gasteiger partial charge in [0, 0.05) is 23.7 Å². The number of amides is 1. The lowest BCUT2D eigenvalue weighted by molar-refractivity contribution is 0.0438. The van der Waals surface area contributed by atoms with E-state index in [0.29, 0.717) is 23.5 Å². The summed E-state index contributed by atoms with van der Waals surface area (Å²) in [7, 11) is 1.64. The molecule has 2 saturated carbocycles. The van der Waals surface area contributed by atoms with Crippen LogP contribution in [-0.2, 0) is 0 Å². The number of ether oxygens (including phenoxy) is 1. The quantitative estimate of drug-likeness (QED) is 0.689. The Balaban J connectivity index is 1.56. The van der Waals surface area contributed by atoms with Crippen LogP contribution in [0.1, 0.15) is 74.7 Å². The molecule has 1 heterocycles. The van der Waals surface area contributed by atoms with E-state index >= 15 is 0 Å². The van der Waals surface area contributed by atoms with Crippen molar-refractivity contribution in [2.24, 2.45) is 0 Å². The fourth-order valence-corrected chi connectivity index (χ4v) is 4.75. The summed E-state index contributed by atoms with van der Waals surface area (Å²) >= 11 is 0. The number of hydrogen-bond donors (Lipinski definition) is 0. The highest BCUT2D eigenvalue weighted by molar-refractivity contribution is 5.93. The molecule has 0 atom stereocenters. The molecule has 0 spiro atoms. The fourth-order valence-electron chi connectivity index (χ4n) is 4.75. The van der Waals surface area contributed by atoms with Crippen LogP contribution in [0, 0.1) is 0 Å². The summed E-state index contributed by atoms with van der Waals surface area (Å²) in [5.74, 6) is 1.46. The number of nitrogens with zero attached hydrogens (tertiary/aromatic N) is 2. The Labute approximate surface area is 167 Å². The van der Waals surface area contributed by atoms with E-state index in [1.165, 1.54) is 38.5 Å². The number of carbonyl (C=O) groups excluding carboxylic acids is 1. The fraction of sp³-hybridized carbons (Fsp3) is 0.565. The minimum Gasteiger partial charge on any atom is -0.497 e. The third kappa shape index (κ3) is 4.08. The maximum Gasteiger partial charge on any atom is 0.276 e. The van der Waals surface area contributed by atoms with Crippen molar-refractivity contribution in [3.05, 3.63) is 36.0 Å². The van der Waals surface area contributed by atoms with Crippen molar-refractivity contribution < 1.29 is 14.1 Å². The van der Waals surface area contributed by atoms with Gasteiger partial charge in [0.2, 0.25) is 0 Å². The molecule has 0 aliphatic heterocycles. The molecule has 0 saturated heterocycles. The Kier molecular flexibility index (Phi) is 5.98. The standard InChI is InChI=1S/C23H30N2O3/c1-27-20-14-12-17(13-15-20)22-16-21(24-28-22)23(26)25(18-8-4-2-5-9-18)19-10-6-3-7-11-19/h12-16,18-19H,2-11H2,1H3. The third-order valence-corrected chi connectivity index (χ3v) is 6.27. The second-order valence-corrected chi connectivity index (χ2v) is 8.10. The Morgan fingerprint density at radius 3 is 2.07 bits per heavy atom. The van der Waals surface area contributed by atoms with E-state index in [2.05, 4.69) is 10.1 Å². The molecule has 1 aromatic carbocycles. The van der Waals surface area contributed by atoms with Gasteiger partial charge in [-0.3, -0.25) is 4.79 Å². The first-order chi connectivity index (χ1) is 13.8. The first-order valence-corrected chi connectivity index (χ1v) is 10.7. The highest BCUT2D eigenvalue weighted by Gasteiger charge is 2.34. The van der Waals surface area contributed by atoms with Gasteiger partial charge in [0.1, 0.15) is 5.75 Å². The highest BCUT2D eigenvalue weighted by Crippen LogP contribution is 2.32. The van der Waals surface area contributed by atoms with Crippen molar-refractivity contribution in [1.82, 2.24) is 10.1 Å². The zero-order valence-corrected chi connectivity index (χ0v) is 16.7. The number of carbonyl (C=O) groups is 1. The van der Waals surface area contributed by atoms with E-state index in [-0.39, 0.29) is 5.91 Å². The van der Waals surface area contributed by atoms with Crippen LogP contribution in [0.25, 0.3) is 11.3 Å². The summed E-state index contributed by atoms with van der Waals surface area (Å²) in [5, 5.41) is 4.15. The summed E-state index contributed by atoms with van der Waals surface area (Å²) in [5.41, 5.74) is 1.33. The van der Waals surface area contributed by atoms with E-state index in [4.69, 9.17) is 9.26 Å². The molecular formula is C23H30N2O3. The highest BCUT2D eigenvalue weighted by atomic mass is 16.5. The topological polar surface area (TPSA) is 55.6 Å². The van der Waals surface area contributed by atoms with Gasteiger partial charge < -0.3 is 14.2 Å². The first kappa shape index (κ1) is 19.0. The molecule has 1 aromatic heterocycles. The molecule has 2 fully saturated rings. The minimum atomic E-state index is 0.0438. The van der Waals surface area contributed by atoms with Gasteiger partial charge in [-0.25, -0.2) is 0 Å². The van der Waals surface area contributed by atoms with Crippen LogP contribution < -0.4 is 4.74 Å². The Bertz CT molecular complexity index is 753. The van der Waals surface area contributed by atoms with E-state index in [0.717, 1.165) is 37.0 Å². The predicted octanol–water partition coefficient (Wildman–Crippen LogP) is 5.46. The van der Waals surface area contributed by atoms with Crippen LogP contribution in [0.3, 0.4) is 0 Å². The molecule has 1 amide bonds. The van der Waals surface area contributed by atoms with E-state index < -0.39 is 0 Å². The third-order valence-electron chi connectivity index (χ3n) is 6.27. The normalized spacial score (nSPS) is 18.8. The van der Waals surface area contributed by atoms with Crippen molar-refractivity contribution in [2.75, 3.05) is 7.11 Å². The number of rotatable bonds is 5. The smallest absolute Gasteiger partial charge is 0.276 e. The van der Waals surface area contributed by atoms with Gasteiger partial charge in [-0.05, 0) is 49.9 Å². The number of hydrogen-bond acceptors (Lipinski definition) is 4. The van der Waals surface area contributed by atoms with Gasteiger partial charge >= 0.3 is 0 Å². The largest absolute Gasteiger partial charge is 0.497 e. The molecule has 2 aromatic rings. The van der Waals surface area contributed by atoms with Crippen LogP contribution in [0.4, 0.5) is 0 Å². The Morgan fingerprint density at radius 2 is 1.54 bits per heavy atom. The number of methoxy groups -OCH3 is 1. The van der Waals surface area contributed by atoms with Crippen molar-refractivity contribution in [2.45, 2.75) is 76.3 Å². The molecule has 2 aliphatic rings. The molecule has 0 N–H and O–H groups in total. The van der Waals surface area contributed by atoms with Gasteiger partial charge in [-0.15, -0.1) is 0 Å². The molecule has 4 rings (SSSR count). The van der Waals surface area contributed by atoms with Crippen molar-refractivity contribution in [3.8, 4) is 17.1 Å². The summed E-state index contributed by atoms with van der Waals surface area (Å²) < 4.78 is 10.7.